The molecular formula is C13H17F3N2O3. The van der Waals surface area contributed by atoms with E-state index in [9.17, 15) is 28.4 Å². The number of halogens is 3. The maximum absolute atomic E-state index is 12.6. The van der Waals surface area contributed by atoms with Gasteiger partial charge in [-0.2, -0.15) is 13.2 Å². The highest BCUT2D eigenvalue weighted by molar-refractivity contribution is 5.65. The number of anilines is 1. The summed E-state index contributed by atoms with van der Waals surface area (Å²) in [6.07, 6.45) is -5.41. The quantitative estimate of drug-likeness (QED) is 0.668. The second-order valence-electron chi connectivity index (χ2n) is 5.02. The lowest BCUT2D eigenvalue weighted by Gasteiger charge is -2.29. The van der Waals surface area contributed by atoms with Crippen LogP contribution in [0.1, 0.15) is 32.4 Å². The van der Waals surface area contributed by atoms with Gasteiger partial charge in [-0.3, -0.25) is 10.1 Å². The second-order valence-corrected chi connectivity index (χ2v) is 5.02. The second kappa shape index (κ2) is 6.30. The lowest BCUT2D eigenvalue weighted by molar-refractivity contribution is -0.384. The first-order valence-electron chi connectivity index (χ1n) is 6.32. The summed E-state index contributed by atoms with van der Waals surface area (Å²) in [5.74, 6) is 0. The molecule has 21 heavy (non-hydrogen) atoms. The van der Waals surface area contributed by atoms with Crippen molar-refractivity contribution in [3.05, 3.63) is 33.9 Å². The lowest BCUT2D eigenvalue weighted by Crippen LogP contribution is -2.39. The highest BCUT2D eigenvalue weighted by Crippen LogP contribution is 2.34. The van der Waals surface area contributed by atoms with Crippen LogP contribution in [-0.2, 0) is 0 Å². The minimum atomic E-state index is -4.47. The number of alkyl halides is 3. The summed E-state index contributed by atoms with van der Waals surface area (Å²) < 4.78 is 37.9. The molecule has 1 rings (SSSR count). The van der Waals surface area contributed by atoms with Gasteiger partial charge in [0.15, 0.2) is 0 Å². The largest absolute Gasteiger partial charge is 0.405 e. The van der Waals surface area contributed by atoms with Crippen LogP contribution in [-0.4, -0.2) is 28.8 Å². The van der Waals surface area contributed by atoms with Crippen molar-refractivity contribution >= 4 is 11.4 Å². The van der Waals surface area contributed by atoms with Gasteiger partial charge in [0, 0.05) is 12.1 Å². The first-order valence-corrected chi connectivity index (χ1v) is 6.32. The van der Waals surface area contributed by atoms with Crippen LogP contribution in [0.3, 0.4) is 0 Å². The molecule has 1 aromatic carbocycles. The summed E-state index contributed by atoms with van der Waals surface area (Å²) in [6.45, 7) is 3.20. The minimum absolute atomic E-state index is 0.114. The molecule has 0 aliphatic carbocycles. The zero-order valence-electron chi connectivity index (χ0n) is 11.9. The zero-order valence-corrected chi connectivity index (χ0v) is 11.9. The summed E-state index contributed by atoms with van der Waals surface area (Å²) in [7, 11) is 0. The van der Waals surface area contributed by atoms with E-state index in [2.05, 4.69) is 0 Å². The molecule has 0 spiro atoms. The van der Waals surface area contributed by atoms with Crippen molar-refractivity contribution in [3.63, 3.8) is 0 Å². The molecule has 0 saturated heterocycles. The fourth-order valence-corrected chi connectivity index (χ4v) is 1.93. The van der Waals surface area contributed by atoms with E-state index in [-0.39, 0.29) is 11.3 Å². The van der Waals surface area contributed by atoms with Crippen molar-refractivity contribution in [1.29, 1.82) is 0 Å². The van der Waals surface area contributed by atoms with Gasteiger partial charge in [-0.05, 0) is 32.4 Å². The summed E-state index contributed by atoms with van der Waals surface area (Å²) in [4.78, 5) is 11.3. The normalized spacial score (nSPS) is 13.3. The van der Waals surface area contributed by atoms with Gasteiger partial charge in [-0.1, -0.05) is 6.07 Å². The molecule has 0 unspecified atom stereocenters. The van der Waals surface area contributed by atoms with Gasteiger partial charge in [0.05, 0.1) is 11.0 Å². The molecule has 0 fully saturated rings. The zero-order chi connectivity index (χ0) is 16.4. The first kappa shape index (κ1) is 17.2. The number of aliphatic hydroxyl groups excluding tert-OH is 1. The molecule has 5 nitrogen and oxygen atoms in total. The van der Waals surface area contributed by atoms with Crippen LogP contribution in [0.4, 0.5) is 24.5 Å². The van der Waals surface area contributed by atoms with Gasteiger partial charge in [-0.15, -0.1) is 0 Å². The van der Waals surface area contributed by atoms with E-state index in [0.717, 1.165) is 11.0 Å². The Morgan fingerprint density at radius 2 is 1.90 bits per heavy atom. The van der Waals surface area contributed by atoms with Crippen molar-refractivity contribution in [2.75, 3.05) is 11.4 Å². The van der Waals surface area contributed by atoms with Crippen LogP contribution in [0.2, 0.25) is 0 Å². The van der Waals surface area contributed by atoms with Crippen LogP contribution in [0.15, 0.2) is 18.2 Å². The summed E-state index contributed by atoms with van der Waals surface area (Å²) in [5.41, 5.74) is -0.288. The number of hydrogen-bond acceptors (Lipinski definition) is 4. The third kappa shape index (κ3) is 4.59. The molecule has 0 aromatic heterocycles. The Labute approximate surface area is 120 Å². The van der Waals surface area contributed by atoms with Gasteiger partial charge in [-0.25, -0.2) is 0 Å². The first-order chi connectivity index (χ1) is 9.53. The van der Waals surface area contributed by atoms with E-state index in [1.807, 2.05) is 0 Å². The molecule has 1 aromatic rings. The van der Waals surface area contributed by atoms with Crippen molar-refractivity contribution in [2.24, 2.45) is 0 Å². The third-order valence-corrected chi connectivity index (χ3v) is 2.96. The van der Waals surface area contributed by atoms with Gasteiger partial charge >= 0.3 is 6.18 Å². The molecule has 0 heterocycles. The van der Waals surface area contributed by atoms with Crippen LogP contribution in [0.25, 0.3) is 0 Å². The van der Waals surface area contributed by atoms with E-state index < -0.39 is 35.5 Å². The lowest BCUT2D eigenvalue weighted by atomic mass is 10.1. The molecule has 0 amide bonds. The smallest absolute Gasteiger partial charge is 0.389 e. The molecule has 0 aliphatic rings. The molecule has 8 heteroatoms. The standard InChI is InChI=1S/C13H17F3N2O3/c1-8(2)17(7-13(14,15)16)11-5-4-10(9(3)19)6-12(11)18(20)21/h4-6,8-9,19H,7H2,1-3H3/t9-/m1/s1. The summed E-state index contributed by atoms with van der Waals surface area (Å²) >= 11 is 0. The van der Waals surface area contributed by atoms with Crippen LogP contribution >= 0.6 is 0 Å². The van der Waals surface area contributed by atoms with Crippen LogP contribution in [0.5, 0.6) is 0 Å². The van der Waals surface area contributed by atoms with Gasteiger partial charge < -0.3 is 10.0 Å². The van der Waals surface area contributed by atoms with E-state index in [0.29, 0.717) is 0 Å². The Bertz CT molecular complexity index is 516. The average molecular weight is 306 g/mol. The fraction of sp³-hybridized carbons (Fsp3) is 0.538. The highest BCUT2D eigenvalue weighted by atomic mass is 19.4. The van der Waals surface area contributed by atoms with Crippen LogP contribution < -0.4 is 4.90 Å². The number of nitrogens with zero attached hydrogens (tertiary/aromatic N) is 2. The van der Waals surface area contributed by atoms with E-state index in [1.165, 1.54) is 32.9 Å². The predicted octanol–water partition coefficient (Wildman–Crippen LogP) is 3.43. The molecule has 0 aliphatic heterocycles. The number of nitro benzene ring substituents is 1. The molecule has 0 saturated carbocycles. The van der Waals surface area contributed by atoms with Crippen molar-refractivity contribution < 1.29 is 23.2 Å². The molecule has 0 radical (unpaired) electrons. The highest BCUT2D eigenvalue weighted by Gasteiger charge is 2.34. The van der Waals surface area contributed by atoms with Crippen molar-refractivity contribution in [3.8, 4) is 0 Å². The van der Waals surface area contributed by atoms with Gasteiger partial charge in [0.2, 0.25) is 0 Å². The van der Waals surface area contributed by atoms with E-state index >= 15 is 0 Å². The Morgan fingerprint density at radius 1 is 1.33 bits per heavy atom. The average Bonchev–Trinajstić information content (AvgIpc) is 2.33. The maximum atomic E-state index is 12.6. The predicted molar refractivity (Wildman–Crippen MR) is 72.3 cm³/mol. The number of hydrogen-bond donors (Lipinski definition) is 1. The van der Waals surface area contributed by atoms with Gasteiger partial charge in [0.25, 0.3) is 5.69 Å². The summed E-state index contributed by atoms with van der Waals surface area (Å²) in [5, 5.41) is 20.5. The molecule has 1 N–H and O–H groups in total. The topological polar surface area (TPSA) is 66.6 Å². The molecule has 118 valence electrons. The SMILES string of the molecule is CC(C)N(CC(F)(F)F)c1ccc([C@@H](C)O)cc1[N+](=O)[O-]. The molecule has 0 bridgehead atoms. The Morgan fingerprint density at radius 3 is 2.29 bits per heavy atom. The van der Waals surface area contributed by atoms with Crippen molar-refractivity contribution in [2.45, 2.75) is 39.1 Å². The van der Waals surface area contributed by atoms with E-state index in [4.69, 9.17) is 0 Å². The number of aliphatic hydroxyl groups is 1. The Kier molecular flexibility index (Phi) is 5.16. The van der Waals surface area contributed by atoms with Crippen LogP contribution in [0, 0.1) is 10.1 Å². The van der Waals surface area contributed by atoms with Gasteiger partial charge in [0.1, 0.15) is 12.2 Å². The van der Waals surface area contributed by atoms with E-state index in [1.54, 1.807) is 0 Å². The summed E-state index contributed by atoms with van der Waals surface area (Å²) in [6, 6.07) is 3.17. The number of nitro groups is 1. The Balaban J connectivity index is 3.34. The van der Waals surface area contributed by atoms with Crippen molar-refractivity contribution in [1.82, 2.24) is 0 Å². The monoisotopic (exact) mass is 306 g/mol. The maximum Gasteiger partial charge on any atom is 0.405 e. The number of benzene rings is 1. The molecule has 1 atom stereocenters. The number of rotatable bonds is 5. The fourth-order valence-electron chi connectivity index (χ4n) is 1.93. The molecular weight excluding hydrogens is 289 g/mol. The third-order valence-electron chi connectivity index (χ3n) is 2.96. The minimum Gasteiger partial charge on any atom is -0.389 e. The Hall–Kier alpha value is -1.83.